The van der Waals surface area contributed by atoms with Crippen LogP contribution in [0, 0.1) is 0 Å². The lowest BCUT2D eigenvalue weighted by Crippen LogP contribution is -2.50. The number of benzene rings is 1. The molecule has 5 heteroatoms. The van der Waals surface area contributed by atoms with Gasteiger partial charge in [0.2, 0.25) is 0 Å². The SMILES string of the molecule is Cl.Clc1cccc(OC2CNC2)c1Cl. The molecule has 0 aliphatic carbocycles. The van der Waals surface area contributed by atoms with Crippen LogP contribution in [0.2, 0.25) is 10.0 Å². The van der Waals surface area contributed by atoms with Crippen molar-refractivity contribution in [2.24, 2.45) is 0 Å². The largest absolute Gasteiger partial charge is 0.486 e. The molecule has 1 heterocycles. The van der Waals surface area contributed by atoms with Gasteiger partial charge in [-0.15, -0.1) is 12.4 Å². The van der Waals surface area contributed by atoms with Crippen LogP contribution in [0.1, 0.15) is 0 Å². The lowest BCUT2D eigenvalue weighted by Gasteiger charge is -2.28. The Kier molecular flexibility index (Phi) is 4.32. The molecular weight excluding hydrogens is 244 g/mol. The van der Waals surface area contributed by atoms with Crippen molar-refractivity contribution in [3.63, 3.8) is 0 Å². The Morgan fingerprint density at radius 1 is 1.29 bits per heavy atom. The van der Waals surface area contributed by atoms with Crippen LogP contribution in [-0.4, -0.2) is 19.2 Å². The van der Waals surface area contributed by atoms with Gasteiger partial charge in [0.15, 0.2) is 0 Å². The summed E-state index contributed by atoms with van der Waals surface area (Å²) in [5.74, 6) is 0.667. The van der Waals surface area contributed by atoms with Gasteiger partial charge in [0.05, 0.1) is 5.02 Å². The number of halogens is 3. The number of hydrogen-bond acceptors (Lipinski definition) is 2. The van der Waals surface area contributed by atoms with Crippen LogP contribution >= 0.6 is 35.6 Å². The minimum atomic E-state index is 0. The second-order valence-corrected chi connectivity index (χ2v) is 3.74. The van der Waals surface area contributed by atoms with Gasteiger partial charge >= 0.3 is 0 Å². The van der Waals surface area contributed by atoms with E-state index in [0.29, 0.717) is 15.8 Å². The smallest absolute Gasteiger partial charge is 0.139 e. The van der Waals surface area contributed by atoms with Gasteiger partial charge in [-0.25, -0.2) is 0 Å². The van der Waals surface area contributed by atoms with Crippen molar-refractivity contribution in [3.05, 3.63) is 28.2 Å². The molecule has 78 valence electrons. The molecule has 1 aromatic rings. The summed E-state index contributed by atoms with van der Waals surface area (Å²) in [5.41, 5.74) is 0. The molecule has 1 aliphatic heterocycles. The molecule has 0 radical (unpaired) electrons. The Bertz CT molecular complexity index is 315. The van der Waals surface area contributed by atoms with Crippen LogP contribution in [0.5, 0.6) is 5.75 Å². The first-order valence-electron chi connectivity index (χ1n) is 4.09. The van der Waals surface area contributed by atoms with Crippen molar-refractivity contribution < 1.29 is 4.74 Å². The monoisotopic (exact) mass is 253 g/mol. The van der Waals surface area contributed by atoms with Gasteiger partial charge in [-0.1, -0.05) is 29.3 Å². The Balaban J connectivity index is 0.000000980. The van der Waals surface area contributed by atoms with E-state index >= 15 is 0 Å². The highest BCUT2D eigenvalue weighted by atomic mass is 35.5. The molecule has 0 unspecified atom stereocenters. The maximum absolute atomic E-state index is 5.94. The van der Waals surface area contributed by atoms with E-state index in [4.69, 9.17) is 27.9 Å². The number of rotatable bonds is 2. The van der Waals surface area contributed by atoms with Crippen LogP contribution < -0.4 is 10.1 Å². The van der Waals surface area contributed by atoms with E-state index in [-0.39, 0.29) is 18.5 Å². The average molecular weight is 255 g/mol. The minimum absolute atomic E-state index is 0. The van der Waals surface area contributed by atoms with E-state index in [1.807, 2.05) is 12.1 Å². The van der Waals surface area contributed by atoms with Crippen LogP contribution in [-0.2, 0) is 0 Å². The number of nitrogens with one attached hydrogen (secondary N) is 1. The lowest BCUT2D eigenvalue weighted by molar-refractivity contribution is 0.142. The fourth-order valence-corrected chi connectivity index (χ4v) is 1.44. The molecule has 14 heavy (non-hydrogen) atoms. The van der Waals surface area contributed by atoms with E-state index in [1.165, 1.54) is 0 Å². The Morgan fingerprint density at radius 3 is 2.57 bits per heavy atom. The van der Waals surface area contributed by atoms with E-state index in [1.54, 1.807) is 6.07 Å². The summed E-state index contributed by atoms with van der Waals surface area (Å²) in [6, 6.07) is 5.40. The zero-order valence-corrected chi connectivity index (χ0v) is 9.62. The third-order valence-corrected chi connectivity index (χ3v) is 2.76. The summed E-state index contributed by atoms with van der Waals surface area (Å²) in [4.78, 5) is 0. The normalized spacial score (nSPS) is 15.6. The van der Waals surface area contributed by atoms with Gasteiger partial charge in [-0.2, -0.15) is 0 Å². The molecule has 0 bridgehead atoms. The fraction of sp³-hybridized carbons (Fsp3) is 0.333. The molecule has 0 spiro atoms. The summed E-state index contributed by atoms with van der Waals surface area (Å²) < 4.78 is 5.58. The second-order valence-electron chi connectivity index (χ2n) is 2.95. The van der Waals surface area contributed by atoms with Gasteiger partial charge in [0.1, 0.15) is 16.9 Å². The maximum atomic E-state index is 5.94. The van der Waals surface area contributed by atoms with Crippen molar-refractivity contribution in [2.45, 2.75) is 6.10 Å². The van der Waals surface area contributed by atoms with Crippen molar-refractivity contribution >= 4 is 35.6 Å². The van der Waals surface area contributed by atoms with Crippen molar-refractivity contribution in [3.8, 4) is 5.75 Å². The van der Waals surface area contributed by atoms with E-state index in [2.05, 4.69) is 5.32 Å². The van der Waals surface area contributed by atoms with Crippen molar-refractivity contribution in [2.75, 3.05) is 13.1 Å². The first kappa shape index (κ1) is 11.9. The zero-order chi connectivity index (χ0) is 9.26. The van der Waals surface area contributed by atoms with Crippen molar-refractivity contribution in [1.82, 2.24) is 5.32 Å². The maximum Gasteiger partial charge on any atom is 0.139 e. The highest BCUT2D eigenvalue weighted by molar-refractivity contribution is 6.42. The highest BCUT2D eigenvalue weighted by Gasteiger charge is 2.19. The second kappa shape index (κ2) is 5.08. The third-order valence-electron chi connectivity index (χ3n) is 1.95. The lowest BCUT2D eigenvalue weighted by atomic mass is 10.2. The molecule has 2 nitrogen and oxygen atoms in total. The highest BCUT2D eigenvalue weighted by Crippen LogP contribution is 2.32. The molecule has 1 N–H and O–H groups in total. The first-order chi connectivity index (χ1) is 6.27. The Hall–Kier alpha value is -0.150. The predicted octanol–water partition coefficient (Wildman–Crippen LogP) is 2.77. The standard InChI is InChI=1S/C9H9Cl2NO.ClH/c10-7-2-1-3-8(9(7)11)13-6-4-12-5-6;/h1-3,6,12H,4-5H2;1H. The molecule has 1 aliphatic rings. The van der Waals surface area contributed by atoms with Gasteiger partial charge in [-0.05, 0) is 12.1 Å². The summed E-state index contributed by atoms with van der Waals surface area (Å²) in [6.07, 6.45) is 0.232. The van der Waals surface area contributed by atoms with Crippen LogP contribution in [0.15, 0.2) is 18.2 Å². The van der Waals surface area contributed by atoms with Gasteiger partial charge in [-0.3, -0.25) is 0 Å². The fourth-order valence-electron chi connectivity index (χ4n) is 1.10. The first-order valence-corrected chi connectivity index (χ1v) is 4.84. The van der Waals surface area contributed by atoms with E-state index < -0.39 is 0 Å². The van der Waals surface area contributed by atoms with Crippen LogP contribution in [0.25, 0.3) is 0 Å². The Labute approximate surface area is 98.9 Å². The van der Waals surface area contributed by atoms with Crippen molar-refractivity contribution in [1.29, 1.82) is 0 Å². The molecule has 0 aromatic heterocycles. The molecule has 1 aromatic carbocycles. The quantitative estimate of drug-likeness (QED) is 0.876. The predicted molar refractivity (Wildman–Crippen MR) is 61.0 cm³/mol. The molecule has 1 fully saturated rings. The molecule has 0 amide bonds. The third kappa shape index (κ3) is 2.45. The molecule has 0 atom stereocenters. The summed E-state index contributed by atoms with van der Waals surface area (Å²) in [5, 5.41) is 4.14. The zero-order valence-electron chi connectivity index (χ0n) is 7.30. The number of ether oxygens (including phenoxy) is 1. The summed E-state index contributed by atoms with van der Waals surface area (Å²) >= 11 is 11.8. The van der Waals surface area contributed by atoms with Gasteiger partial charge in [0, 0.05) is 13.1 Å². The van der Waals surface area contributed by atoms with E-state index in [0.717, 1.165) is 13.1 Å². The molecule has 2 rings (SSSR count). The molecule has 1 saturated heterocycles. The summed E-state index contributed by atoms with van der Waals surface area (Å²) in [6.45, 7) is 1.76. The number of hydrogen-bond donors (Lipinski definition) is 1. The van der Waals surface area contributed by atoms with Crippen LogP contribution in [0.4, 0.5) is 0 Å². The van der Waals surface area contributed by atoms with Gasteiger partial charge < -0.3 is 10.1 Å². The topological polar surface area (TPSA) is 21.3 Å². The molecular formula is C9H10Cl3NO. The summed E-state index contributed by atoms with van der Waals surface area (Å²) in [7, 11) is 0. The van der Waals surface area contributed by atoms with Crippen LogP contribution in [0.3, 0.4) is 0 Å². The molecule has 0 saturated carbocycles. The Morgan fingerprint density at radius 2 is 2.00 bits per heavy atom. The van der Waals surface area contributed by atoms with Gasteiger partial charge in [0.25, 0.3) is 0 Å². The average Bonchev–Trinajstić information content (AvgIpc) is 2.04. The minimum Gasteiger partial charge on any atom is -0.486 e. The van der Waals surface area contributed by atoms with E-state index in [9.17, 15) is 0 Å².